The number of thioether (sulfide) groups is 1. The molecule has 1 aromatic carbocycles. The van der Waals surface area contributed by atoms with Crippen LogP contribution in [0.25, 0.3) is 11.4 Å². The van der Waals surface area contributed by atoms with E-state index in [9.17, 15) is 9.18 Å². The van der Waals surface area contributed by atoms with Gasteiger partial charge in [-0.2, -0.15) is 9.78 Å². The number of nitrogens with zero attached hydrogens (tertiary/aromatic N) is 4. The summed E-state index contributed by atoms with van der Waals surface area (Å²) < 4.78 is 20.6. The lowest BCUT2D eigenvalue weighted by Gasteiger charge is -2.04. The minimum absolute atomic E-state index is 0.104. The second kappa shape index (κ2) is 7.71. The predicted molar refractivity (Wildman–Crippen MR) is 95.2 cm³/mol. The number of halogens is 2. The third-order valence-electron chi connectivity index (χ3n) is 3.34. The molecule has 26 heavy (non-hydrogen) atoms. The average Bonchev–Trinajstić information content (AvgIpc) is 3.18. The van der Waals surface area contributed by atoms with Gasteiger partial charge in [-0.25, -0.2) is 4.39 Å². The van der Waals surface area contributed by atoms with Gasteiger partial charge in [-0.3, -0.25) is 4.79 Å². The van der Waals surface area contributed by atoms with Crippen molar-refractivity contribution in [2.45, 2.75) is 12.1 Å². The maximum atomic E-state index is 14.0. The molecule has 0 fully saturated rings. The van der Waals surface area contributed by atoms with Crippen molar-refractivity contribution < 1.29 is 18.7 Å². The van der Waals surface area contributed by atoms with Crippen LogP contribution in [0.3, 0.4) is 0 Å². The van der Waals surface area contributed by atoms with Crippen LogP contribution in [-0.4, -0.2) is 37.9 Å². The molecule has 3 aromatic rings. The molecule has 0 saturated heterocycles. The summed E-state index contributed by atoms with van der Waals surface area (Å²) in [5, 5.41) is 21.6. The zero-order chi connectivity index (χ0) is 18.7. The molecule has 0 spiro atoms. The number of furan rings is 1. The summed E-state index contributed by atoms with van der Waals surface area (Å²) in [6.07, 6.45) is 2.73. The third kappa shape index (κ3) is 3.78. The van der Waals surface area contributed by atoms with E-state index in [4.69, 9.17) is 21.1 Å². The van der Waals surface area contributed by atoms with Crippen LogP contribution < -0.4 is 0 Å². The summed E-state index contributed by atoms with van der Waals surface area (Å²) in [6, 6.07) is 5.98. The number of rotatable bonds is 6. The molecule has 0 bridgehead atoms. The summed E-state index contributed by atoms with van der Waals surface area (Å²) in [7, 11) is 0. The highest BCUT2D eigenvalue weighted by molar-refractivity contribution is 7.99. The maximum Gasteiger partial charge on any atom is 0.313 e. The molecule has 0 aliphatic rings. The normalized spacial score (nSPS) is 11.3. The fourth-order valence-corrected chi connectivity index (χ4v) is 2.94. The van der Waals surface area contributed by atoms with Crippen molar-refractivity contribution in [1.82, 2.24) is 14.9 Å². The standard InChI is InChI=1S/C16H12ClFN4O3S/c1-9-10(5-6-25-9)15-20-21-16(26-8-14(23)24)22(15)19-7-11-12(17)3-2-4-13(11)18/h2-7H,8H2,1H3,(H,23,24). The Labute approximate surface area is 156 Å². The summed E-state index contributed by atoms with van der Waals surface area (Å²) in [4.78, 5) is 10.8. The molecule has 7 nitrogen and oxygen atoms in total. The van der Waals surface area contributed by atoms with Gasteiger partial charge in [-0.1, -0.05) is 29.4 Å². The zero-order valence-electron chi connectivity index (χ0n) is 13.4. The molecule has 0 saturated carbocycles. The van der Waals surface area contributed by atoms with Gasteiger partial charge in [-0.15, -0.1) is 10.2 Å². The Bertz CT molecular complexity index is 966. The molecule has 3 rings (SSSR count). The molecule has 10 heteroatoms. The van der Waals surface area contributed by atoms with Crippen molar-refractivity contribution in [3.63, 3.8) is 0 Å². The van der Waals surface area contributed by atoms with Gasteiger partial charge in [0, 0.05) is 5.56 Å². The molecule has 0 aliphatic carbocycles. The molecule has 0 unspecified atom stereocenters. The van der Waals surface area contributed by atoms with E-state index in [1.807, 2.05) is 0 Å². The molecule has 0 radical (unpaired) electrons. The van der Waals surface area contributed by atoms with E-state index >= 15 is 0 Å². The molecular weight excluding hydrogens is 383 g/mol. The Balaban J connectivity index is 2.05. The van der Waals surface area contributed by atoms with Gasteiger partial charge < -0.3 is 9.52 Å². The number of aliphatic carboxylic acids is 1. The van der Waals surface area contributed by atoms with Gasteiger partial charge >= 0.3 is 5.97 Å². The lowest BCUT2D eigenvalue weighted by molar-refractivity contribution is -0.133. The molecule has 2 aromatic heterocycles. The van der Waals surface area contributed by atoms with Gasteiger partial charge in [-0.05, 0) is 25.1 Å². The number of hydrogen-bond acceptors (Lipinski definition) is 6. The summed E-state index contributed by atoms with van der Waals surface area (Å²) >= 11 is 6.95. The van der Waals surface area contributed by atoms with E-state index < -0.39 is 11.8 Å². The monoisotopic (exact) mass is 394 g/mol. The quantitative estimate of drug-likeness (QED) is 0.506. The van der Waals surface area contributed by atoms with E-state index in [-0.39, 0.29) is 21.5 Å². The Morgan fingerprint density at radius 2 is 2.27 bits per heavy atom. The maximum absolute atomic E-state index is 14.0. The van der Waals surface area contributed by atoms with Crippen LogP contribution in [0.5, 0.6) is 0 Å². The molecule has 1 N–H and O–H groups in total. The predicted octanol–water partition coefficient (Wildman–Crippen LogP) is 3.70. The topological polar surface area (TPSA) is 93.5 Å². The largest absolute Gasteiger partial charge is 0.481 e. The molecule has 0 aliphatic heterocycles. The SMILES string of the molecule is Cc1occc1-c1nnc(SCC(=O)O)n1N=Cc1c(F)cccc1Cl. The average molecular weight is 395 g/mol. The van der Waals surface area contributed by atoms with Crippen LogP contribution >= 0.6 is 23.4 Å². The van der Waals surface area contributed by atoms with E-state index in [0.717, 1.165) is 11.8 Å². The van der Waals surface area contributed by atoms with Crippen molar-refractivity contribution in [3.05, 3.63) is 52.7 Å². The van der Waals surface area contributed by atoms with E-state index in [0.29, 0.717) is 17.1 Å². The van der Waals surface area contributed by atoms with Gasteiger partial charge in [0.25, 0.3) is 0 Å². The van der Waals surface area contributed by atoms with E-state index in [2.05, 4.69) is 15.3 Å². The fourth-order valence-electron chi connectivity index (χ4n) is 2.12. The van der Waals surface area contributed by atoms with Crippen LogP contribution in [-0.2, 0) is 4.79 Å². The summed E-state index contributed by atoms with van der Waals surface area (Å²) in [6.45, 7) is 1.75. The van der Waals surface area contributed by atoms with Crippen molar-refractivity contribution >= 4 is 35.5 Å². The Hall–Kier alpha value is -2.65. The number of benzene rings is 1. The van der Waals surface area contributed by atoms with Crippen LogP contribution in [0, 0.1) is 12.7 Å². The van der Waals surface area contributed by atoms with Crippen molar-refractivity contribution in [2.24, 2.45) is 5.10 Å². The molecule has 0 amide bonds. The van der Waals surface area contributed by atoms with Crippen LogP contribution in [0.2, 0.25) is 5.02 Å². The van der Waals surface area contributed by atoms with Crippen LogP contribution in [0.15, 0.2) is 45.2 Å². The molecular formula is C16H12ClFN4O3S. The molecule has 2 heterocycles. The second-order valence-electron chi connectivity index (χ2n) is 5.07. The number of carbonyl (C=O) groups is 1. The van der Waals surface area contributed by atoms with Gasteiger partial charge in [0.05, 0.1) is 28.8 Å². The molecule has 134 valence electrons. The van der Waals surface area contributed by atoms with E-state index in [1.54, 1.807) is 19.1 Å². The van der Waals surface area contributed by atoms with Gasteiger partial charge in [0.2, 0.25) is 5.16 Å². The summed E-state index contributed by atoms with van der Waals surface area (Å²) in [5.74, 6) is -0.833. The highest BCUT2D eigenvalue weighted by Gasteiger charge is 2.18. The highest BCUT2D eigenvalue weighted by atomic mass is 35.5. The minimum Gasteiger partial charge on any atom is -0.481 e. The number of aryl methyl sites for hydroxylation is 1. The first kappa shape index (κ1) is 18.2. The molecule has 0 atom stereocenters. The second-order valence-corrected chi connectivity index (χ2v) is 6.42. The first-order valence-corrected chi connectivity index (χ1v) is 8.66. The Morgan fingerprint density at radius 1 is 1.46 bits per heavy atom. The van der Waals surface area contributed by atoms with Crippen molar-refractivity contribution in [2.75, 3.05) is 5.75 Å². The van der Waals surface area contributed by atoms with Gasteiger partial charge in [0.15, 0.2) is 5.82 Å². The number of carboxylic acid groups (broad SMARTS) is 1. The Morgan fingerprint density at radius 3 is 2.92 bits per heavy atom. The number of hydrogen-bond donors (Lipinski definition) is 1. The van der Waals surface area contributed by atoms with Gasteiger partial charge in [0.1, 0.15) is 11.6 Å². The lowest BCUT2D eigenvalue weighted by Crippen LogP contribution is -2.02. The first-order chi connectivity index (χ1) is 12.5. The first-order valence-electron chi connectivity index (χ1n) is 7.30. The van der Waals surface area contributed by atoms with Crippen LogP contribution in [0.1, 0.15) is 11.3 Å². The van der Waals surface area contributed by atoms with Crippen molar-refractivity contribution in [3.8, 4) is 11.4 Å². The summed E-state index contributed by atoms with van der Waals surface area (Å²) in [5.41, 5.74) is 0.739. The van der Waals surface area contributed by atoms with Crippen molar-refractivity contribution in [1.29, 1.82) is 0 Å². The third-order valence-corrected chi connectivity index (χ3v) is 4.57. The Kier molecular flexibility index (Phi) is 5.38. The van der Waals surface area contributed by atoms with E-state index in [1.165, 1.54) is 29.3 Å². The highest BCUT2D eigenvalue weighted by Crippen LogP contribution is 2.27. The van der Waals surface area contributed by atoms with Crippen LogP contribution in [0.4, 0.5) is 4.39 Å². The number of aromatic nitrogens is 3. The zero-order valence-corrected chi connectivity index (χ0v) is 15.0. The fraction of sp³-hybridized carbons (Fsp3) is 0.125. The smallest absolute Gasteiger partial charge is 0.313 e. The minimum atomic E-state index is -1.01. The number of carboxylic acids is 1. The lowest BCUT2D eigenvalue weighted by atomic mass is 10.2.